The number of carbonyl (C=O) groups is 1. The van der Waals surface area contributed by atoms with Crippen LogP contribution in [0, 0.1) is 18.6 Å². The van der Waals surface area contributed by atoms with Gasteiger partial charge in [-0.3, -0.25) is 4.79 Å². The van der Waals surface area contributed by atoms with Gasteiger partial charge in [-0.1, -0.05) is 17.7 Å². The summed E-state index contributed by atoms with van der Waals surface area (Å²) in [6, 6.07) is 4.83. The first-order chi connectivity index (χ1) is 9.00. The number of pyridine rings is 1. The van der Waals surface area contributed by atoms with E-state index in [4.69, 9.17) is 11.6 Å². The highest BCUT2D eigenvalue weighted by atomic mass is 35.5. The number of nitrogens with zero attached hydrogens (tertiary/aromatic N) is 1. The number of aromatic nitrogens is 1. The minimum absolute atomic E-state index is 0.0603. The average molecular weight is 283 g/mol. The summed E-state index contributed by atoms with van der Waals surface area (Å²) in [5.74, 6) is -2.78. The standard InChI is InChI=1S/C13H9ClF2N2O/c1-7-5-6-17-12(14)11(7)18-13(19)10-8(15)3-2-4-9(10)16/h2-6H,1H3,(H,18,19). The van der Waals surface area contributed by atoms with Crippen LogP contribution >= 0.6 is 11.6 Å². The van der Waals surface area contributed by atoms with Gasteiger partial charge in [0.2, 0.25) is 0 Å². The van der Waals surface area contributed by atoms with Crippen molar-refractivity contribution in [2.75, 3.05) is 5.32 Å². The Labute approximate surface area is 113 Å². The molecule has 1 aromatic heterocycles. The molecule has 1 aromatic carbocycles. The Balaban J connectivity index is 2.37. The van der Waals surface area contributed by atoms with Crippen molar-refractivity contribution >= 4 is 23.2 Å². The molecule has 0 atom stereocenters. The van der Waals surface area contributed by atoms with Crippen LogP contribution in [0.2, 0.25) is 5.15 Å². The molecule has 1 N–H and O–H groups in total. The van der Waals surface area contributed by atoms with E-state index in [0.717, 1.165) is 12.1 Å². The number of anilines is 1. The maximum absolute atomic E-state index is 13.5. The van der Waals surface area contributed by atoms with Crippen molar-refractivity contribution in [1.29, 1.82) is 0 Å². The number of aryl methyl sites for hydroxylation is 1. The van der Waals surface area contributed by atoms with Gasteiger partial charge in [0.05, 0.1) is 5.69 Å². The first-order valence-electron chi connectivity index (χ1n) is 5.37. The summed E-state index contributed by atoms with van der Waals surface area (Å²) in [4.78, 5) is 15.7. The molecule has 19 heavy (non-hydrogen) atoms. The van der Waals surface area contributed by atoms with Crippen molar-refractivity contribution in [3.8, 4) is 0 Å². The predicted molar refractivity (Wildman–Crippen MR) is 68.3 cm³/mol. The van der Waals surface area contributed by atoms with Crippen LogP contribution in [0.15, 0.2) is 30.5 Å². The maximum atomic E-state index is 13.5. The topological polar surface area (TPSA) is 42.0 Å². The molecule has 0 saturated carbocycles. The molecule has 1 amide bonds. The molecule has 3 nitrogen and oxygen atoms in total. The van der Waals surface area contributed by atoms with Gasteiger partial charge < -0.3 is 5.32 Å². The maximum Gasteiger partial charge on any atom is 0.261 e. The second-order valence-corrected chi connectivity index (χ2v) is 4.20. The van der Waals surface area contributed by atoms with Crippen molar-refractivity contribution in [2.45, 2.75) is 6.92 Å². The zero-order valence-corrected chi connectivity index (χ0v) is 10.6. The molecule has 2 rings (SSSR count). The summed E-state index contributed by atoms with van der Waals surface area (Å²) in [6.07, 6.45) is 1.47. The second kappa shape index (κ2) is 5.32. The highest BCUT2D eigenvalue weighted by molar-refractivity contribution is 6.32. The van der Waals surface area contributed by atoms with Gasteiger partial charge in [-0.2, -0.15) is 0 Å². The fraction of sp³-hybridized carbons (Fsp3) is 0.0769. The number of hydrogen-bond acceptors (Lipinski definition) is 2. The van der Waals surface area contributed by atoms with Gasteiger partial charge in [-0.25, -0.2) is 13.8 Å². The molecule has 98 valence electrons. The summed E-state index contributed by atoms with van der Waals surface area (Å²) in [7, 11) is 0. The van der Waals surface area contributed by atoms with Crippen LogP contribution in [-0.2, 0) is 0 Å². The van der Waals surface area contributed by atoms with E-state index in [1.165, 1.54) is 12.3 Å². The summed E-state index contributed by atoms with van der Waals surface area (Å²) < 4.78 is 26.9. The van der Waals surface area contributed by atoms with Crippen LogP contribution in [0.5, 0.6) is 0 Å². The van der Waals surface area contributed by atoms with Crippen LogP contribution in [0.25, 0.3) is 0 Å². The van der Waals surface area contributed by atoms with Crippen LogP contribution in [-0.4, -0.2) is 10.9 Å². The largest absolute Gasteiger partial charge is 0.319 e. The molecule has 6 heteroatoms. The first kappa shape index (κ1) is 13.4. The fourth-order valence-electron chi connectivity index (χ4n) is 1.57. The van der Waals surface area contributed by atoms with E-state index in [2.05, 4.69) is 10.3 Å². The Morgan fingerprint density at radius 2 is 1.89 bits per heavy atom. The van der Waals surface area contributed by atoms with Gasteiger partial charge >= 0.3 is 0 Å². The van der Waals surface area contributed by atoms with Gasteiger partial charge in [0.1, 0.15) is 17.2 Å². The minimum Gasteiger partial charge on any atom is -0.319 e. The third kappa shape index (κ3) is 2.71. The highest BCUT2D eigenvalue weighted by Crippen LogP contribution is 2.24. The molecule has 2 aromatic rings. The second-order valence-electron chi connectivity index (χ2n) is 3.84. The molecular weight excluding hydrogens is 274 g/mol. The van der Waals surface area contributed by atoms with E-state index in [-0.39, 0.29) is 10.8 Å². The lowest BCUT2D eigenvalue weighted by Gasteiger charge is -2.10. The molecule has 0 unspecified atom stereocenters. The van der Waals surface area contributed by atoms with Crippen LogP contribution in [0.4, 0.5) is 14.5 Å². The quantitative estimate of drug-likeness (QED) is 0.856. The van der Waals surface area contributed by atoms with Gasteiger partial charge in [-0.05, 0) is 30.7 Å². The van der Waals surface area contributed by atoms with Crippen LogP contribution in [0.1, 0.15) is 15.9 Å². The predicted octanol–water partition coefficient (Wildman–Crippen LogP) is 3.57. The van der Waals surface area contributed by atoms with Crippen LogP contribution in [0.3, 0.4) is 0 Å². The Kier molecular flexibility index (Phi) is 3.76. The summed E-state index contributed by atoms with van der Waals surface area (Å²) in [6.45, 7) is 1.70. The van der Waals surface area contributed by atoms with Crippen LogP contribution < -0.4 is 5.32 Å². The Morgan fingerprint density at radius 1 is 1.26 bits per heavy atom. The fourth-order valence-corrected chi connectivity index (χ4v) is 1.82. The summed E-state index contributed by atoms with van der Waals surface area (Å²) in [5.41, 5.74) is 0.226. The number of carbonyl (C=O) groups excluding carboxylic acids is 1. The molecular formula is C13H9ClF2N2O. The van der Waals surface area contributed by atoms with E-state index in [9.17, 15) is 13.6 Å². The van der Waals surface area contributed by atoms with E-state index < -0.39 is 23.1 Å². The molecule has 0 bridgehead atoms. The molecule has 0 aliphatic carbocycles. The van der Waals surface area contributed by atoms with E-state index in [0.29, 0.717) is 5.56 Å². The molecule has 0 fully saturated rings. The molecule has 0 spiro atoms. The smallest absolute Gasteiger partial charge is 0.261 e. The molecule has 0 saturated heterocycles. The van der Waals surface area contributed by atoms with Gasteiger partial charge in [0.25, 0.3) is 5.91 Å². The zero-order valence-electron chi connectivity index (χ0n) is 9.88. The number of rotatable bonds is 2. The Hall–Kier alpha value is -2.01. The van der Waals surface area contributed by atoms with Gasteiger partial charge in [0, 0.05) is 6.20 Å². The van der Waals surface area contributed by atoms with Crippen molar-refractivity contribution in [3.05, 3.63) is 58.4 Å². The lowest BCUT2D eigenvalue weighted by atomic mass is 10.1. The molecule has 0 radical (unpaired) electrons. The number of amides is 1. The lowest BCUT2D eigenvalue weighted by Crippen LogP contribution is -2.17. The third-order valence-corrected chi connectivity index (χ3v) is 2.83. The van der Waals surface area contributed by atoms with Crippen molar-refractivity contribution in [3.63, 3.8) is 0 Å². The lowest BCUT2D eigenvalue weighted by molar-refractivity contribution is 0.101. The molecule has 0 aliphatic heterocycles. The van der Waals surface area contributed by atoms with Crippen molar-refractivity contribution in [1.82, 2.24) is 4.98 Å². The number of hydrogen-bond donors (Lipinski definition) is 1. The normalized spacial score (nSPS) is 10.3. The zero-order chi connectivity index (χ0) is 14.0. The highest BCUT2D eigenvalue weighted by Gasteiger charge is 2.18. The molecule has 1 heterocycles. The van der Waals surface area contributed by atoms with E-state index in [1.54, 1.807) is 13.0 Å². The summed E-state index contributed by atoms with van der Waals surface area (Å²) in [5, 5.41) is 2.42. The minimum atomic E-state index is -0.935. The average Bonchev–Trinajstić information content (AvgIpc) is 2.34. The number of benzene rings is 1. The first-order valence-corrected chi connectivity index (χ1v) is 5.75. The van der Waals surface area contributed by atoms with Crippen molar-refractivity contribution < 1.29 is 13.6 Å². The summed E-state index contributed by atoms with van der Waals surface area (Å²) >= 11 is 5.83. The number of nitrogens with one attached hydrogen (secondary N) is 1. The third-order valence-electron chi connectivity index (χ3n) is 2.54. The van der Waals surface area contributed by atoms with E-state index in [1.807, 2.05) is 0 Å². The monoisotopic (exact) mass is 282 g/mol. The Morgan fingerprint density at radius 3 is 2.47 bits per heavy atom. The van der Waals surface area contributed by atoms with E-state index >= 15 is 0 Å². The van der Waals surface area contributed by atoms with Crippen molar-refractivity contribution in [2.24, 2.45) is 0 Å². The molecule has 0 aliphatic rings. The van der Waals surface area contributed by atoms with Gasteiger partial charge in [0.15, 0.2) is 5.15 Å². The SMILES string of the molecule is Cc1ccnc(Cl)c1NC(=O)c1c(F)cccc1F. The Bertz CT molecular complexity index is 606. The number of halogens is 3. The van der Waals surface area contributed by atoms with Gasteiger partial charge in [-0.15, -0.1) is 0 Å².